The lowest BCUT2D eigenvalue weighted by Crippen LogP contribution is -2.37. The zero-order chi connectivity index (χ0) is 51.9. The monoisotopic (exact) mass is 979 g/mol. The van der Waals surface area contributed by atoms with Crippen LogP contribution in [0.4, 0.5) is 92.2 Å². The average molecular weight is 979 g/mol. The molecule has 0 N–H and O–H groups in total. The van der Waals surface area contributed by atoms with Crippen LogP contribution in [0.15, 0.2) is 0 Å². The van der Waals surface area contributed by atoms with Crippen molar-refractivity contribution >= 4 is 0 Å². The predicted octanol–water partition coefficient (Wildman–Crippen LogP) is 20.6. The standard InChI is InChI=1S/2C7H10F6.3C7H13F3.C7H16/c1-4(2)3-5(6(8,9)10)7(11,12)13;1-2-3-4-5(6(8,9)10)7(11,12)13;1-4-5(2)6(3)7(8,9)10;1-3-4-6(2)5-7(8,9)10;1-2-3-4-5-6-7(8,9)10;1-4-5-6-7(2)3/h4-5H,3H2,1-2H3;5H,2-4H2,1H3;5-6H,4H2,1-3H3;6H,3-5H2,1-2H3;2-6H2,1H3;7H,4-6H2,1-3H3/t;;5-,6?;6-;;/m..00../s1. The van der Waals surface area contributed by atoms with Gasteiger partial charge in [0.1, 0.15) is 0 Å². The summed E-state index contributed by atoms with van der Waals surface area (Å²) < 4.78 is 247. The van der Waals surface area contributed by atoms with E-state index >= 15 is 0 Å². The van der Waals surface area contributed by atoms with Gasteiger partial charge >= 0.3 is 43.2 Å². The van der Waals surface area contributed by atoms with Crippen molar-refractivity contribution in [1.29, 1.82) is 0 Å². The lowest BCUT2D eigenvalue weighted by molar-refractivity contribution is -0.288. The highest BCUT2D eigenvalue weighted by Crippen LogP contribution is 2.43. The van der Waals surface area contributed by atoms with Crippen LogP contribution in [0.5, 0.6) is 0 Å². The van der Waals surface area contributed by atoms with E-state index in [-0.39, 0.29) is 24.7 Å². The number of hydrogen-bond acceptors (Lipinski definition) is 0. The molecule has 0 saturated carbocycles. The Labute approximate surface area is 362 Å². The van der Waals surface area contributed by atoms with Gasteiger partial charge in [-0.05, 0) is 42.9 Å². The summed E-state index contributed by atoms with van der Waals surface area (Å²) in [4.78, 5) is 0. The Morgan fingerprint density at radius 3 is 0.937 bits per heavy atom. The van der Waals surface area contributed by atoms with E-state index in [1.54, 1.807) is 27.7 Å². The number of unbranched alkanes of at least 4 members (excludes halogenated alkanes) is 5. The summed E-state index contributed by atoms with van der Waals surface area (Å²) >= 11 is 0. The number of halogens is 21. The Kier molecular flexibility index (Phi) is 41.4. The van der Waals surface area contributed by atoms with Crippen LogP contribution >= 0.6 is 0 Å². The summed E-state index contributed by atoms with van der Waals surface area (Å²) in [5.74, 6) is -7.74. The van der Waals surface area contributed by atoms with Crippen molar-refractivity contribution < 1.29 is 92.2 Å². The number of alkyl halides is 21. The molecule has 3 atom stereocenters. The van der Waals surface area contributed by atoms with Crippen molar-refractivity contribution in [2.45, 2.75) is 229 Å². The Morgan fingerprint density at radius 1 is 0.349 bits per heavy atom. The fraction of sp³-hybridized carbons (Fsp3) is 1.00. The first-order valence-electron chi connectivity index (χ1n) is 21.4. The molecule has 390 valence electrons. The first-order chi connectivity index (χ1) is 27.9. The van der Waals surface area contributed by atoms with E-state index in [1.807, 2.05) is 13.8 Å². The Bertz CT molecular complexity index is 955. The highest BCUT2D eigenvalue weighted by Gasteiger charge is 2.57. The number of hydrogen-bond donors (Lipinski definition) is 0. The van der Waals surface area contributed by atoms with Crippen LogP contribution in [0.1, 0.15) is 186 Å². The topological polar surface area (TPSA) is 0 Å². The Hall–Kier alpha value is -1.47. The summed E-state index contributed by atoms with van der Waals surface area (Å²) in [6.45, 7) is 21.1. The van der Waals surface area contributed by atoms with Crippen LogP contribution in [-0.2, 0) is 0 Å². The van der Waals surface area contributed by atoms with Crippen LogP contribution in [0.2, 0.25) is 0 Å². The largest absolute Gasteiger partial charge is 0.400 e. The molecular formula is C42H75F21. The van der Waals surface area contributed by atoms with Gasteiger partial charge in [0.2, 0.25) is 0 Å². The lowest BCUT2D eigenvalue weighted by atomic mass is 9.93. The van der Waals surface area contributed by atoms with Gasteiger partial charge in [-0.2, -0.15) is 92.2 Å². The van der Waals surface area contributed by atoms with Crippen molar-refractivity contribution in [3.05, 3.63) is 0 Å². The molecule has 0 aromatic heterocycles. The van der Waals surface area contributed by atoms with Crippen molar-refractivity contribution in [2.24, 2.45) is 41.4 Å². The lowest BCUT2D eigenvalue weighted by Gasteiger charge is -2.24. The van der Waals surface area contributed by atoms with E-state index in [1.165, 1.54) is 40.0 Å². The second-order valence-corrected chi connectivity index (χ2v) is 16.4. The van der Waals surface area contributed by atoms with Crippen LogP contribution in [0.3, 0.4) is 0 Å². The molecule has 0 aliphatic rings. The molecule has 0 spiro atoms. The fourth-order valence-electron chi connectivity index (χ4n) is 4.88. The number of rotatable bonds is 17. The molecule has 0 nitrogen and oxygen atoms in total. The molecule has 0 saturated heterocycles. The maximum absolute atomic E-state index is 11.9. The minimum Gasteiger partial charge on any atom is -0.171 e. The summed E-state index contributed by atoms with van der Waals surface area (Å²) in [7, 11) is 0. The van der Waals surface area contributed by atoms with Crippen LogP contribution in [0.25, 0.3) is 0 Å². The molecule has 0 aliphatic heterocycles. The van der Waals surface area contributed by atoms with Crippen molar-refractivity contribution in [1.82, 2.24) is 0 Å². The van der Waals surface area contributed by atoms with Crippen LogP contribution < -0.4 is 0 Å². The SMILES string of the molecule is CC(C)CC(C(F)(F)F)C(F)(F)F.CCCCC(C(F)(F)F)C(F)(F)F.CCCCC(C)C.CCCCCCC(F)(F)F.CCC[C@H](C)CC(F)(F)F.CC[C@H](C)C(C)C(F)(F)F. The summed E-state index contributed by atoms with van der Waals surface area (Å²) in [6.07, 6.45) is -26.3. The quantitative estimate of drug-likeness (QED) is 0.101. The fourth-order valence-corrected chi connectivity index (χ4v) is 4.88. The minimum atomic E-state index is -5.19. The second kappa shape index (κ2) is 35.7. The van der Waals surface area contributed by atoms with Gasteiger partial charge in [-0.1, -0.05) is 154 Å². The molecule has 0 rings (SSSR count). The van der Waals surface area contributed by atoms with Gasteiger partial charge in [0.15, 0.2) is 11.8 Å². The first-order valence-corrected chi connectivity index (χ1v) is 21.4. The molecule has 63 heavy (non-hydrogen) atoms. The zero-order valence-corrected chi connectivity index (χ0v) is 38.8. The van der Waals surface area contributed by atoms with Crippen LogP contribution in [-0.4, -0.2) is 43.2 Å². The van der Waals surface area contributed by atoms with Gasteiger partial charge in [-0.3, -0.25) is 0 Å². The van der Waals surface area contributed by atoms with Gasteiger partial charge in [0.25, 0.3) is 0 Å². The molecule has 0 fully saturated rings. The third-order valence-electron chi connectivity index (χ3n) is 8.96. The van der Waals surface area contributed by atoms with Crippen molar-refractivity contribution in [3.63, 3.8) is 0 Å². The van der Waals surface area contributed by atoms with E-state index in [9.17, 15) is 92.2 Å². The van der Waals surface area contributed by atoms with Crippen LogP contribution in [0, 0.1) is 41.4 Å². The molecular weight excluding hydrogens is 903 g/mol. The van der Waals surface area contributed by atoms with E-state index in [0.29, 0.717) is 25.7 Å². The summed E-state index contributed by atoms with van der Waals surface area (Å²) in [5.41, 5.74) is 0. The minimum absolute atomic E-state index is 0.0658. The Balaban J connectivity index is -0.000000156. The molecule has 0 bridgehead atoms. The smallest absolute Gasteiger partial charge is 0.171 e. The van der Waals surface area contributed by atoms with E-state index in [4.69, 9.17) is 0 Å². The summed E-state index contributed by atoms with van der Waals surface area (Å²) in [5, 5.41) is 0. The van der Waals surface area contributed by atoms with Gasteiger partial charge in [0, 0.05) is 12.8 Å². The van der Waals surface area contributed by atoms with Crippen molar-refractivity contribution in [2.75, 3.05) is 0 Å². The second-order valence-electron chi connectivity index (χ2n) is 16.4. The molecule has 0 aromatic carbocycles. The zero-order valence-electron chi connectivity index (χ0n) is 38.8. The molecule has 1 unspecified atom stereocenters. The molecule has 0 aromatic rings. The van der Waals surface area contributed by atoms with E-state index in [0.717, 1.165) is 25.2 Å². The Morgan fingerprint density at radius 2 is 0.730 bits per heavy atom. The molecule has 21 heteroatoms. The third-order valence-corrected chi connectivity index (χ3v) is 8.96. The normalized spacial score (nSPS) is 14.2. The average Bonchev–Trinajstić information content (AvgIpc) is 3.05. The molecule has 0 amide bonds. The maximum Gasteiger partial charge on any atom is 0.400 e. The van der Waals surface area contributed by atoms with E-state index < -0.39 is 92.6 Å². The van der Waals surface area contributed by atoms with Gasteiger partial charge in [-0.25, -0.2) is 0 Å². The van der Waals surface area contributed by atoms with E-state index in [2.05, 4.69) is 20.8 Å². The van der Waals surface area contributed by atoms with Crippen molar-refractivity contribution in [3.8, 4) is 0 Å². The van der Waals surface area contributed by atoms with Gasteiger partial charge in [0.05, 0.1) is 5.92 Å². The third kappa shape index (κ3) is 54.8. The molecule has 0 heterocycles. The molecule has 0 aliphatic carbocycles. The first kappa shape index (κ1) is 73.1. The molecule has 0 radical (unpaired) electrons. The highest BCUT2D eigenvalue weighted by molar-refractivity contribution is 4.76. The van der Waals surface area contributed by atoms with Gasteiger partial charge in [-0.15, -0.1) is 0 Å². The summed E-state index contributed by atoms with van der Waals surface area (Å²) in [6, 6.07) is 0. The highest BCUT2D eigenvalue weighted by atomic mass is 19.4. The van der Waals surface area contributed by atoms with Gasteiger partial charge < -0.3 is 0 Å². The predicted molar refractivity (Wildman–Crippen MR) is 209 cm³/mol. The maximum atomic E-state index is 11.9.